The number of hydrogen-bond donors (Lipinski definition) is 0. The van der Waals surface area contributed by atoms with Crippen molar-refractivity contribution in [2.24, 2.45) is 0 Å². The zero-order chi connectivity index (χ0) is 19.0. The van der Waals surface area contributed by atoms with Gasteiger partial charge in [0.15, 0.2) is 0 Å². The predicted molar refractivity (Wildman–Crippen MR) is 128 cm³/mol. The van der Waals surface area contributed by atoms with Gasteiger partial charge in [0, 0.05) is 0 Å². The smallest absolute Gasteiger partial charge is 0.147 e. The summed E-state index contributed by atoms with van der Waals surface area (Å²) in [5.41, 5.74) is 2.86. The van der Waals surface area contributed by atoms with Crippen LogP contribution in [0.2, 0.25) is 32.7 Å². The van der Waals surface area contributed by atoms with Crippen LogP contribution in [-0.2, 0) is 22.9 Å². The van der Waals surface area contributed by atoms with E-state index in [4.69, 9.17) is 3.32 Å². The van der Waals surface area contributed by atoms with E-state index in [1.165, 1.54) is 11.1 Å². The van der Waals surface area contributed by atoms with Crippen molar-refractivity contribution in [1.82, 2.24) is 0 Å². The minimum atomic E-state index is -1.68. The molecule has 0 amide bonds. The van der Waals surface area contributed by atoms with Crippen LogP contribution in [0.25, 0.3) is 0 Å². The van der Waals surface area contributed by atoms with E-state index >= 15 is 0 Å². The molecule has 153 valence electrons. The summed E-state index contributed by atoms with van der Waals surface area (Å²) in [6, 6.07) is 6.85. The first-order valence-corrected chi connectivity index (χ1v) is 20.0. The second kappa shape index (κ2) is 10.3. The molecule has 6 heteroatoms. The van der Waals surface area contributed by atoms with Crippen LogP contribution in [0.4, 0.5) is 0 Å². The molecule has 0 unspecified atom stereocenters. The second-order valence-corrected chi connectivity index (χ2v) is 27.0. The van der Waals surface area contributed by atoms with Gasteiger partial charge in [-0.05, 0) is 0 Å². The minimum Gasteiger partial charge on any atom is -0.147 e. The molecule has 2 rings (SSSR count). The van der Waals surface area contributed by atoms with Gasteiger partial charge in [0.25, 0.3) is 0 Å². The maximum atomic E-state index is 6.85. The van der Waals surface area contributed by atoms with Gasteiger partial charge in [-0.25, -0.2) is 0 Å². The first kappa shape index (κ1) is 27.2. The summed E-state index contributed by atoms with van der Waals surface area (Å²) in [6.07, 6.45) is 5.95. The Balaban J connectivity index is 0.00000338. The number of hydrogen-bond acceptors (Lipinski definition) is 1. The van der Waals surface area contributed by atoms with Crippen LogP contribution in [0.5, 0.6) is 5.75 Å². The van der Waals surface area contributed by atoms with E-state index in [9.17, 15) is 0 Å². The summed E-state index contributed by atoms with van der Waals surface area (Å²) in [4.78, 5) is 0. The van der Waals surface area contributed by atoms with Crippen molar-refractivity contribution in [3.05, 3.63) is 50.6 Å². The molecule has 1 aliphatic rings. The van der Waals surface area contributed by atoms with Gasteiger partial charge in [-0.15, -0.1) is 24.8 Å². The molecule has 27 heavy (non-hydrogen) atoms. The molecule has 1 aromatic carbocycles. The van der Waals surface area contributed by atoms with E-state index in [-0.39, 0.29) is 30.2 Å². The largest absolute Gasteiger partial charge is 0.147 e. The third-order valence-corrected chi connectivity index (χ3v) is 17.4. The van der Waals surface area contributed by atoms with Crippen molar-refractivity contribution in [3.8, 4) is 5.75 Å². The summed E-state index contributed by atoms with van der Waals surface area (Å²) in [5, 5.41) is 1.69. The maximum absolute atomic E-state index is 6.85. The molecule has 0 aliphatic heterocycles. The Morgan fingerprint density at radius 2 is 1.63 bits per heavy atom. The Morgan fingerprint density at radius 1 is 1.04 bits per heavy atom. The SMILES string of the molecule is Cc1cc([O][Ti]([C]2=C([Si](C)(C)C)C=CC2)[SiH](C)C)cc(C(C)(C)C)c1.Cl.Cl. The third kappa shape index (κ3) is 7.20. The zero-order valence-electron chi connectivity index (χ0n) is 18.4. The molecule has 0 saturated heterocycles. The van der Waals surface area contributed by atoms with Crippen LogP contribution < -0.4 is 3.32 Å². The van der Waals surface area contributed by atoms with Crippen LogP contribution in [0.15, 0.2) is 39.4 Å². The van der Waals surface area contributed by atoms with Gasteiger partial charge in [0.05, 0.1) is 0 Å². The Morgan fingerprint density at radius 3 is 2.11 bits per heavy atom. The molecule has 0 atom stereocenters. The molecule has 0 saturated carbocycles. The van der Waals surface area contributed by atoms with Crippen molar-refractivity contribution in [2.75, 3.05) is 0 Å². The predicted octanol–water partition coefficient (Wildman–Crippen LogP) is 7.12. The zero-order valence-corrected chi connectivity index (χ0v) is 23.7. The fourth-order valence-corrected chi connectivity index (χ4v) is 16.6. The van der Waals surface area contributed by atoms with Gasteiger partial charge in [-0.3, -0.25) is 0 Å². The molecular formula is C21H37Cl2OSi2Ti. The molecule has 0 bridgehead atoms. The van der Waals surface area contributed by atoms with Crippen molar-refractivity contribution < 1.29 is 20.8 Å². The number of rotatable bonds is 5. The first-order chi connectivity index (χ1) is 11.4. The van der Waals surface area contributed by atoms with E-state index in [1.54, 1.807) is 9.07 Å². The topological polar surface area (TPSA) is 9.23 Å². The van der Waals surface area contributed by atoms with Crippen LogP contribution in [0, 0.1) is 6.92 Å². The van der Waals surface area contributed by atoms with E-state index in [2.05, 4.69) is 90.8 Å². The molecule has 0 heterocycles. The average molecular weight is 480 g/mol. The third-order valence-electron chi connectivity index (χ3n) is 4.71. The van der Waals surface area contributed by atoms with Crippen LogP contribution in [-0.4, -0.2) is 14.7 Å². The number of benzene rings is 1. The van der Waals surface area contributed by atoms with Crippen LogP contribution >= 0.6 is 24.8 Å². The molecular weight excluding hydrogens is 443 g/mol. The summed E-state index contributed by atoms with van der Waals surface area (Å²) >= 11 is -1.68. The molecule has 0 fully saturated rings. The van der Waals surface area contributed by atoms with E-state index in [1.807, 2.05) is 0 Å². The fraction of sp³-hybridized carbons (Fsp3) is 0.524. The van der Waals surface area contributed by atoms with Crippen molar-refractivity contribution in [1.29, 1.82) is 0 Å². The normalized spacial score (nSPS) is 14.1. The molecule has 0 spiro atoms. The Hall–Kier alpha value is 0.228. The summed E-state index contributed by atoms with van der Waals surface area (Å²) in [7, 11) is -1.29. The number of aryl methyl sites for hydroxylation is 1. The molecule has 0 radical (unpaired) electrons. The fourth-order valence-electron chi connectivity index (χ4n) is 3.34. The quantitative estimate of drug-likeness (QED) is 0.408. The van der Waals surface area contributed by atoms with E-state index < -0.39 is 32.3 Å². The summed E-state index contributed by atoms with van der Waals surface area (Å²) in [6.45, 7) is 20.6. The Bertz CT molecular complexity index is 701. The summed E-state index contributed by atoms with van der Waals surface area (Å²) < 4.78 is 8.59. The van der Waals surface area contributed by atoms with Gasteiger partial charge in [0.1, 0.15) is 0 Å². The van der Waals surface area contributed by atoms with Gasteiger partial charge in [-0.1, -0.05) is 0 Å². The second-order valence-electron chi connectivity index (χ2n) is 9.65. The van der Waals surface area contributed by atoms with Gasteiger partial charge >= 0.3 is 164 Å². The molecule has 1 nitrogen and oxygen atoms in total. The van der Waals surface area contributed by atoms with Crippen molar-refractivity contribution >= 4 is 39.6 Å². The molecule has 1 aliphatic carbocycles. The first-order valence-electron chi connectivity index (χ1n) is 9.47. The van der Waals surface area contributed by atoms with Crippen molar-refractivity contribution in [3.63, 3.8) is 0 Å². The van der Waals surface area contributed by atoms with Gasteiger partial charge in [-0.2, -0.15) is 0 Å². The van der Waals surface area contributed by atoms with E-state index in [0.29, 0.717) is 0 Å². The summed E-state index contributed by atoms with van der Waals surface area (Å²) in [5.74, 6) is 1.12. The van der Waals surface area contributed by atoms with Crippen LogP contribution in [0.1, 0.15) is 38.3 Å². The van der Waals surface area contributed by atoms with E-state index in [0.717, 1.165) is 12.2 Å². The monoisotopic (exact) mass is 479 g/mol. The van der Waals surface area contributed by atoms with Crippen LogP contribution in [0.3, 0.4) is 0 Å². The minimum absolute atomic E-state index is 0. The molecule has 0 aromatic heterocycles. The standard InChI is InChI=1S/C11H16O.C8H13Si.C2H7Si.2ClH.Ti/c1-8-5-9(11(2,3)4)7-10(12)6-8;1-9(2,3)8-6-4-5-7-8;1-3-2;;;/h5-7,12H,1-4H3;4,6H,5H2,1-3H3;3H,1-2H3;2*1H;/q;;;;;+1/p-1. The van der Waals surface area contributed by atoms with Crippen molar-refractivity contribution in [2.45, 2.75) is 72.3 Å². The Kier molecular flexibility index (Phi) is 10.4. The molecule has 0 N–H and O–H groups in total. The van der Waals surface area contributed by atoms with Gasteiger partial charge in [0.2, 0.25) is 0 Å². The average Bonchev–Trinajstić information content (AvgIpc) is 2.92. The van der Waals surface area contributed by atoms with Gasteiger partial charge < -0.3 is 0 Å². The Labute approximate surface area is 188 Å². The molecule has 1 aromatic rings. The number of halogens is 2. The number of allylic oxidation sites excluding steroid dienone is 4. The maximum Gasteiger partial charge on any atom is -0.147 e.